The fourth-order valence-electron chi connectivity index (χ4n) is 3.60. The first-order chi connectivity index (χ1) is 13.4. The molecule has 0 spiro atoms. The number of benzene rings is 2. The predicted octanol–water partition coefficient (Wildman–Crippen LogP) is 3.23. The molecule has 2 aromatic carbocycles. The van der Waals surface area contributed by atoms with Crippen molar-refractivity contribution in [3.05, 3.63) is 48.0 Å². The highest BCUT2D eigenvalue weighted by Gasteiger charge is 2.31. The summed E-state index contributed by atoms with van der Waals surface area (Å²) in [7, 11) is -3.26. The Morgan fingerprint density at radius 3 is 2.50 bits per heavy atom. The molecular weight excluding hydrogens is 380 g/mol. The van der Waals surface area contributed by atoms with E-state index in [1.54, 1.807) is 17.0 Å². The number of hydrogen-bond acceptors (Lipinski definition) is 5. The molecule has 2 amide bonds. The SMILES string of the molecule is CS(=O)(=O)c1ccc(NC(=O)N2CCC[C@@H]2c2ccc3c(c2)OCCO3)cc1. The molecule has 2 heterocycles. The highest BCUT2D eigenvalue weighted by molar-refractivity contribution is 7.90. The molecule has 0 saturated carbocycles. The molecule has 1 atom stereocenters. The number of anilines is 1. The summed E-state index contributed by atoms with van der Waals surface area (Å²) in [6.07, 6.45) is 2.95. The predicted molar refractivity (Wildman–Crippen MR) is 105 cm³/mol. The van der Waals surface area contributed by atoms with Gasteiger partial charge in [0.25, 0.3) is 0 Å². The molecular formula is C20H22N2O5S. The second-order valence-electron chi connectivity index (χ2n) is 6.98. The van der Waals surface area contributed by atoms with Crippen molar-refractivity contribution in [2.24, 2.45) is 0 Å². The number of amides is 2. The van der Waals surface area contributed by atoms with Crippen LogP contribution in [0.25, 0.3) is 0 Å². The van der Waals surface area contributed by atoms with E-state index in [2.05, 4.69) is 5.32 Å². The van der Waals surface area contributed by atoms with E-state index in [-0.39, 0.29) is 17.0 Å². The zero-order valence-corrected chi connectivity index (χ0v) is 16.4. The molecule has 7 nitrogen and oxygen atoms in total. The Balaban J connectivity index is 1.49. The first kappa shape index (κ1) is 18.6. The Morgan fingerprint density at radius 1 is 1.07 bits per heavy atom. The first-order valence-electron chi connectivity index (χ1n) is 9.19. The van der Waals surface area contributed by atoms with Crippen molar-refractivity contribution in [2.75, 3.05) is 31.3 Å². The van der Waals surface area contributed by atoms with Gasteiger partial charge in [0.1, 0.15) is 13.2 Å². The number of nitrogens with one attached hydrogen (secondary N) is 1. The number of carbonyl (C=O) groups is 1. The lowest BCUT2D eigenvalue weighted by molar-refractivity contribution is 0.170. The Labute approximate surface area is 164 Å². The van der Waals surface area contributed by atoms with Gasteiger partial charge >= 0.3 is 6.03 Å². The van der Waals surface area contributed by atoms with E-state index in [0.717, 1.165) is 30.4 Å². The quantitative estimate of drug-likeness (QED) is 0.852. The number of ether oxygens (including phenoxy) is 2. The van der Waals surface area contributed by atoms with Gasteiger partial charge in [-0.15, -0.1) is 0 Å². The van der Waals surface area contributed by atoms with Crippen LogP contribution in [0.2, 0.25) is 0 Å². The summed E-state index contributed by atoms with van der Waals surface area (Å²) < 4.78 is 34.4. The summed E-state index contributed by atoms with van der Waals surface area (Å²) >= 11 is 0. The molecule has 0 bridgehead atoms. The maximum atomic E-state index is 12.8. The summed E-state index contributed by atoms with van der Waals surface area (Å²) in [5, 5.41) is 2.86. The van der Waals surface area contributed by atoms with Gasteiger partial charge in [-0.2, -0.15) is 0 Å². The summed E-state index contributed by atoms with van der Waals surface area (Å²) in [6, 6.07) is 11.8. The van der Waals surface area contributed by atoms with Gasteiger partial charge < -0.3 is 19.7 Å². The Hall–Kier alpha value is -2.74. The van der Waals surface area contributed by atoms with Crippen molar-refractivity contribution in [2.45, 2.75) is 23.8 Å². The lowest BCUT2D eigenvalue weighted by atomic mass is 10.0. The van der Waals surface area contributed by atoms with Crippen LogP contribution in [0.3, 0.4) is 0 Å². The van der Waals surface area contributed by atoms with Gasteiger partial charge in [0.2, 0.25) is 0 Å². The van der Waals surface area contributed by atoms with E-state index in [0.29, 0.717) is 31.2 Å². The molecule has 0 aromatic heterocycles. The number of sulfone groups is 1. The highest BCUT2D eigenvalue weighted by atomic mass is 32.2. The third-order valence-electron chi connectivity index (χ3n) is 5.00. The summed E-state index contributed by atoms with van der Waals surface area (Å²) in [6.45, 7) is 1.73. The van der Waals surface area contributed by atoms with Crippen LogP contribution in [0.4, 0.5) is 10.5 Å². The van der Waals surface area contributed by atoms with E-state index in [1.165, 1.54) is 12.1 Å². The van der Waals surface area contributed by atoms with Crippen LogP contribution in [0, 0.1) is 0 Å². The van der Waals surface area contributed by atoms with Gasteiger partial charge in [-0.1, -0.05) is 6.07 Å². The number of hydrogen-bond donors (Lipinski definition) is 1. The molecule has 28 heavy (non-hydrogen) atoms. The van der Waals surface area contributed by atoms with Gasteiger partial charge in [-0.05, 0) is 54.8 Å². The van der Waals surface area contributed by atoms with Crippen molar-refractivity contribution in [1.29, 1.82) is 0 Å². The van der Waals surface area contributed by atoms with Crippen LogP contribution in [0.1, 0.15) is 24.4 Å². The maximum Gasteiger partial charge on any atom is 0.322 e. The van der Waals surface area contributed by atoms with Crippen LogP contribution < -0.4 is 14.8 Å². The number of likely N-dealkylation sites (tertiary alicyclic amines) is 1. The van der Waals surface area contributed by atoms with Gasteiger partial charge in [0.05, 0.1) is 10.9 Å². The van der Waals surface area contributed by atoms with Gasteiger partial charge in [0.15, 0.2) is 21.3 Å². The molecule has 1 N–H and O–H groups in total. The van der Waals surface area contributed by atoms with Crippen molar-refractivity contribution in [1.82, 2.24) is 4.90 Å². The Morgan fingerprint density at radius 2 is 1.79 bits per heavy atom. The van der Waals surface area contributed by atoms with E-state index in [4.69, 9.17) is 9.47 Å². The van der Waals surface area contributed by atoms with Crippen LogP contribution in [0.15, 0.2) is 47.4 Å². The number of rotatable bonds is 3. The minimum absolute atomic E-state index is 0.0360. The lowest BCUT2D eigenvalue weighted by Gasteiger charge is -2.27. The molecule has 2 aromatic rings. The normalized spacial score (nSPS) is 18.8. The smallest absolute Gasteiger partial charge is 0.322 e. The average molecular weight is 402 g/mol. The largest absolute Gasteiger partial charge is 0.486 e. The molecule has 0 radical (unpaired) electrons. The number of nitrogens with zero attached hydrogens (tertiary/aromatic N) is 1. The van der Waals surface area contributed by atoms with Crippen molar-refractivity contribution < 1.29 is 22.7 Å². The molecule has 1 fully saturated rings. The standard InChI is InChI=1S/C20H22N2O5S/c1-28(24,25)16-7-5-15(6-8-16)21-20(23)22-10-2-3-17(22)14-4-9-18-19(13-14)27-12-11-26-18/h4-9,13,17H,2-3,10-12H2,1H3,(H,21,23)/t17-/m1/s1. The molecule has 2 aliphatic heterocycles. The van der Waals surface area contributed by atoms with Crippen molar-refractivity contribution in [3.63, 3.8) is 0 Å². The van der Waals surface area contributed by atoms with Crippen molar-refractivity contribution in [3.8, 4) is 11.5 Å². The third kappa shape index (κ3) is 3.77. The monoisotopic (exact) mass is 402 g/mol. The van der Waals surface area contributed by atoms with E-state index >= 15 is 0 Å². The molecule has 8 heteroatoms. The molecule has 148 valence electrons. The molecule has 2 aliphatic rings. The van der Waals surface area contributed by atoms with Crippen molar-refractivity contribution >= 4 is 21.6 Å². The van der Waals surface area contributed by atoms with E-state index < -0.39 is 9.84 Å². The number of carbonyl (C=O) groups excluding carboxylic acids is 1. The third-order valence-corrected chi connectivity index (χ3v) is 6.13. The number of urea groups is 1. The topological polar surface area (TPSA) is 84.9 Å². The first-order valence-corrected chi connectivity index (χ1v) is 11.1. The Kier molecular flexibility index (Phi) is 4.89. The maximum absolute atomic E-state index is 12.8. The van der Waals surface area contributed by atoms with Crippen LogP contribution in [-0.2, 0) is 9.84 Å². The Bertz CT molecular complexity index is 988. The summed E-state index contributed by atoms with van der Waals surface area (Å²) in [4.78, 5) is 14.8. The molecule has 0 unspecified atom stereocenters. The van der Waals surface area contributed by atoms with Gasteiger partial charge in [0, 0.05) is 18.5 Å². The van der Waals surface area contributed by atoms with E-state index in [1.807, 2.05) is 18.2 Å². The summed E-state index contributed by atoms with van der Waals surface area (Å²) in [5.74, 6) is 1.45. The van der Waals surface area contributed by atoms with Gasteiger partial charge in [-0.25, -0.2) is 13.2 Å². The molecule has 1 saturated heterocycles. The minimum Gasteiger partial charge on any atom is -0.486 e. The van der Waals surface area contributed by atoms with Gasteiger partial charge in [-0.3, -0.25) is 0 Å². The second kappa shape index (κ2) is 7.35. The summed E-state index contributed by atoms with van der Waals surface area (Å²) in [5.41, 5.74) is 1.58. The molecule has 4 rings (SSSR count). The zero-order chi connectivity index (χ0) is 19.7. The fourth-order valence-corrected chi connectivity index (χ4v) is 4.23. The lowest BCUT2D eigenvalue weighted by Crippen LogP contribution is -2.34. The fraction of sp³-hybridized carbons (Fsp3) is 0.350. The highest BCUT2D eigenvalue weighted by Crippen LogP contribution is 2.38. The molecule has 0 aliphatic carbocycles. The minimum atomic E-state index is -3.26. The van der Waals surface area contributed by atoms with E-state index in [9.17, 15) is 13.2 Å². The zero-order valence-electron chi connectivity index (χ0n) is 15.6. The van der Waals surface area contributed by atoms with Crippen LogP contribution in [0.5, 0.6) is 11.5 Å². The second-order valence-corrected chi connectivity index (χ2v) is 9.00. The number of fused-ring (bicyclic) bond motifs is 1. The average Bonchev–Trinajstić information content (AvgIpc) is 3.17. The van der Waals surface area contributed by atoms with Crippen LogP contribution >= 0.6 is 0 Å². The van der Waals surface area contributed by atoms with Crippen LogP contribution in [-0.4, -0.2) is 45.4 Å².